The van der Waals surface area contributed by atoms with Crippen molar-refractivity contribution in [3.05, 3.63) is 0 Å². The van der Waals surface area contributed by atoms with Crippen molar-refractivity contribution in [2.24, 2.45) is 10.8 Å². The van der Waals surface area contributed by atoms with E-state index in [9.17, 15) is 4.79 Å². The molecule has 0 saturated carbocycles. The molecule has 4 nitrogen and oxygen atoms in total. The first kappa shape index (κ1) is 9.38. The van der Waals surface area contributed by atoms with E-state index in [2.05, 4.69) is 17.5 Å². The van der Waals surface area contributed by atoms with Gasteiger partial charge in [0.05, 0.1) is 0 Å². The van der Waals surface area contributed by atoms with Crippen LogP contribution in [-0.4, -0.2) is 22.7 Å². The molecule has 12 heavy (non-hydrogen) atoms. The second-order valence-corrected chi connectivity index (χ2v) is 4.34. The highest BCUT2D eigenvalue weighted by molar-refractivity contribution is 8.00. The van der Waals surface area contributed by atoms with Gasteiger partial charge in [-0.3, -0.25) is 0 Å². The van der Waals surface area contributed by atoms with E-state index in [1.165, 1.54) is 0 Å². The normalized spacial score (nSPS) is 27.1. The molecule has 1 saturated heterocycles. The van der Waals surface area contributed by atoms with E-state index in [1.807, 2.05) is 11.8 Å². The Kier molecular flexibility index (Phi) is 3.40. The summed E-state index contributed by atoms with van der Waals surface area (Å²) in [6, 6.07) is -0.589. The van der Waals surface area contributed by atoms with Gasteiger partial charge >= 0.3 is 6.03 Å². The first-order valence-corrected chi connectivity index (χ1v) is 4.96. The molecule has 0 spiro atoms. The number of primary amides is 1. The quantitative estimate of drug-likeness (QED) is 0.599. The van der Waals surface area contributed by atoms with Gasteiger partial charge in [0.1, 0.15) is 0 Å². The summed E-state index contributed by atoms with van der Waals surface area (Å²) in [4.78, 5) is 10.3. The van der Waals surface area contributed by atoms with Gasteiger partial charge in [0.2, 0.25) is 0 Å². The summed E-state index contributed by atoms with van der Waals surface area (Å²) in [5.74, 6) is 1.08. The fraction of sp³-hybridized carbons (Fsp3) is 0.714. The predicted octanol–water partition coefficient (Wildman–Crippen LogP) is 0.926. The number of carbonyl (C=O) groups is 1. The molecule has 1 rings (SSSR count). The highest BCUT2D eigenvalue weighted by Crippen LogP contribution is 2.22. The number of rotatable bonds is 1. The third kappa shape index (κ3) is 3.13. The van der Waals surface area contributed by atoms with E-state index in [0.29, 0.717) is 5.25 Å². The molecule has 1 aliphatic rings. The fourth-order valence-corrected chi connectivity index (χ4v) is 2.17. The van der Waals surface area contributed by atoms with Crippen LogP contribution in [0.15, 0.2) is 5.10 Å². The molecule has 0 aliphatic carbocycles. The molecule has 0 aromatic heterocycles. The number of hydrogen-bond donors (Lipinski definition) is 2. The minimum atomic E-state index is -0.589. The number of thioether (sulfide) groups is 1. The third-order valence-corrected chi connectivity index (χ3v) is 2.82. The van der Waals surface area contributed by atoms with Crippen LogP contribution in [0.4, 0.5) is 4.79 Å². The van der Waals surface area contributed by atoms with Crippen molar-refractivity contribution in [3.63, 3.8) is 0 Å². The molecule has 1 aliphatic heterocycles. The second-order valence-electron chi connectivity index (χ2n) is 2.79. The van der Waals surface area contributed by atoms with Gasteiger partial charge in [0, 0.05) is 11.0 Å². The Morgan fingerprint density at radius 2 is 2.58 bits per heavy atom. The average Bonchev–Trinajstić information content (AvgIpc) is 2.01. The molecule has 0 aromatic carbocycles. The molecule has 3 N–H and O–H groups in total. The van der Waals surface area contributed by atoms with E-state index in [1.54, 1.807) is 0 Å². The number of nitrogens with one attached hydrogen (secondary N) is 1. The molecular formula is C7H13N3OS. The van der Waals surface area contributed by atoms with Gasteiger partial charge in [-0.25, -0.2) is 10.2 Å². The van der Waals surface area contributed by atoms with Crippen LogP contribution >= 0.6 is 11.8 Å². The van der Waals surface area contributed by atoms with Gasteiger partial charge in [0.15, 0.2) is 0 Å². The largest absolute Gasteiger partial charge is 0.350 e. The molecule has 0 aromatic rings. The van der Waals surface area contributed by atoms with Gasteiger partial charge in [-0.05, 0) is 18.6 Å². The standard InChI is InChI=1S/C7H13N3OS/c1-5-4-6(2-3-12-5)9-10-7(8)11/h5H,2-4H2,1H3,(H3,8,10,11)/b9-6+. The lowest BCUT2D eigenvalue weighted by Crippen LogP contribution is -2.27. The summed E-state index contributed by atoms with van der Waals surface area (Å²) in [5.41, 5.74) is 8.18. The van der Waals surface area contributed by atoms with E-state index < -0.39 is 6.03 Å². The topological polar surface area (TPSA) is 67.5 Å². The molecule has 5 heteroatoms. The number of nitrogens with zero attached hydrogens (tertiary/aromatic N) is 1. The smallest absolute Gasteiger partial charge is 0.332 e. The van der Waals surface area contributed by atoms with Crippen LogP contribution < -0.4 is 11.2 Å². The number of nitrogens with two attached hydrogens (primary N) is 1. The Morgan fingerprint density at radius 3 is 3.17 bits per heavy atom. The van der Waals surface area contributed by atoms with Gasteiger partial charge in [-0.15, -0.1) is 0 Å². The summed E-state index contributed by atoms with van der Waals surface area (Å²) in [7, 11) is 0. The number of amides is 2. The summed E-state index contributed by atoms with van der Waals surface area (Å²) < 4.78 is 0. The van der Waals surface area contributed by atoms with Gasteiger partial charge in [0.25, 0.3) is 0 Å². The lowest BCUT2D eigenvalue weighted by atomic mass is 10.2. The third-order valence-electron chi connectivity index (χ3n) is 1.64. The van der Waals surface area contributed by atoms with Crippen LogP contribution in [0.2, 0.25) is 0 Å². The Bertz CT molecular complexity index is 205. The van der Waals surface area contributed by atoms with Crippen molar-refractivity contribution in [2.45, 2.75) is 25.0 Å². The zero-order valence-electron chi connectivity index (χ0n) is 7.04. The van der Waals surface area contributed by atoms with Gasteiger partial charge in [-0.2, -0.15) is 16.9 Å². The maximum atomic E-state index is 10.3. The molecule has 2 amide bonds. The first-order valence-electron chi connectivity index (χ1n) is 3.91. The van der Waals surface area contributed by atoms with Crippen molar-refractivity contribution in [1.29, 1.82) is 0 Å². The number of carbonyl (C=O) groups excluding carboxylic acids is 1. The highest BCUT2D eigenvalue weighted by atomic mass is 32.2. The summed E-state index contributed by atoms with van der Waals surface area (Å²) >= 11 is 1.93. The highest BCUT2D eigenvalue weighted by Gasteiger charge is 2.14. The van der Waals surface area contributed by atoms with Crippen LogP contribution in [0.1, 0.15) is 19.8 Å². The van der Waals surface area contributed by atoms with Crippen molar-refractivity contribution in [3.8, 4) is 0 Å². The minimum absolute atomic E-state index is 0.589. The minimum Gasteiger partial charge on any atom is -0.350 e. The number of hydrazone groups is 1. The Morgan fingerprint density at radius 1 is 1.83 bits per heavy atom. The lowest BCUT2D eigenvalue weighted by Gasteiger charge is -2.18. The molecular weight excluding hydrogens is 174 g/mol. The monoisotopic (exact) mass is 187 g/mol. The maximum absolute atomic E-state index is 10.3. The SMILES string of the molecule is CC1C/C(=N/NC(N)=O)CCS1. The number of hydrogen-bond acceptors (Lipinski definition) is 3. The molecule has 0 radical (unpaired) electrons. The van der Waals surface area contributed by atoms with Crippen LogP contribution in [0.3, 0.4) is 0 Å². The molecule has 0 bridgehead atoms. The second kappa shape index (κ2) is 4.35. The molecule has 1 atom stereocenters. The molecule has 68 valence electrons. The molecule has 1 heterocycles. The summed E-state index contributed by atoms with van der Waals surface area (Å²) in [6.07, 6.45) is 1.90. The Labute approximate surface area is 76.0 Å². The van der Waals surface area contributed by atoms with E-state index in [4.69, 9.17) is 5.73 Å². The first-order chi connectivity index (χ1) is 5.68. The van der Waals surface area contributed by atoms with Crippen LogP contribution in [0.5, 0.6) is 0 Å². The van der Waals surface area contributed by atoms with Crippen LogP contribution in [-0.2, 0) is 0 Å². The summed E-state index contributed by atoms with van der Waals surface area (Å²) in [6.45, 7) is 2.16. The number of urea groups is 1. The fourth-order valence-electron chi connectivity index (χ4n) is 1.11. The zero-order chi connectivity index (χ0) is 8.97. The maximum Gasteiger partial charge on any atom is 0.332 e. The Balaban J connectivity index is 2.39. The van der Waals surface area contributed by atoms with Crippen LogP contribution in [0, 0.1) is 0 Å². The van der Waals surface area contributed by atoms with Gasteiger partial charge in [-0.1, -0.05) is 6.92 Å². The van der Waals surface area contributed by atoms with Crippen molar-refractivity contribution < 1.29 is 4.79 Å². The van der Waals surface area contributed by atoms with E-state index in [-0.39, 0.29) is 0 Å². The van der Waals surface area contributed by atoms with Crippen molar-refractivity contribution >= 4 is 23.5 Å². The summed E-state index contributed by atoms with van der Waals surface area (Å²) in [5, 5.41) is 4.52. The lowest BCUT2D eigenvalue weighted by molar-refractivity contribution is 0.249. The average molecular weight is 187 g/mol. The van der Waals surface area contributed by atoms with E-state index >= 15 is 0 Å². The predicted molar refractivity (Wildman–Crippen MR) is 51.3 cm³/mol. The zero-order valence-corrected chi connectivity index (χ0v) is 7.86. The van der Waals surface area contributed by atoms with Crippen LogP contribution in [0.25, 0.3) is 0 Å². The Hall–Kier alpha value is -0.710. The van der Waals surface area contributed by atoms with Gasteiger partial charge < -0.3 is 5.73 Å². The van der Waals surface area contributed by atoms with E-state index in [0.717, 1.165) is 24.3 Å². The molecule has 1 unspecified atom stereocenters. The molecule has 1 fully saturated rings. The van der Waals surface area contributed by atoms with Crippen molar-refractivity contribution in [2.75, 3.05) is 5.75 Å². The van der Waals surface area contributed by atoms with Crippen molar-refractivity contribution in [1.82, 2.24) is 5.43 Å².